The van der Waals surface area contributed by atoms with E-state index in [1.165, 1.54) is 0 Å². The third-order valence-corrected chi connectivity index (χ3v) is 3.23. The lowest BCUT2D eigenvalue weighted by molar-refractivity contribution is 0.102. The number of nitrogens with zero attached hydrogens (tertiary/aromatic N) is 1. The molecule has 0 aliphatic rings. The number of nitrogens with one attached hydrogen (secondary N) is 1. The monoisotopic (exact) mass is 358 g/mol. The van der Waals surface area contributed by atoms with Gasteiger partial charge in [0.15, 0.2) is 5.82 Å². The number of halogens is 2. The van der Waals surface area contributed by atoms with Gasteiger partial charge in [0.2, 0.25) is 0 Å². The van der Waals surface area contributed by atoms with Crippen molar-refractivity contribution in [2.45, 2.75) is 6.92 Å². The number of rotatable bonds is 2. The van der Waals surface area contributed by atoms with Crippen molar-refractivity contribution in [3.8, 4) is 0 Å². The van der Waals surface area contributed by atoms with Crippen LogP contribution >= 0.6 is 31.9 Å². The quantitative estimate of drug-likeness (QED) is 0.888. The second kappa shape index (κ2) is 5.01. The van der Waals surface area contributed by atoms with E-state index in [1.54, 1.807) is 25.1 Å². The van der Waals surface area contributed by atoms with Gasteiger partial charge >= 0.3 is 0 Å². The Morgan fingerprint density at radius 2 is 2.12 bits per heavy atom. The van der Waals surface area contributed by atoms with E-state index in [0.29, 0.717) is 17.1 Å². The molecule has 88 valence electrons. The van der Waals surface area contributed by atoms with Crippen LogP contribution in [0.25, 0.3) is 0 Å². The first-order valence-electron chi connectivity index (χ1n) is 4.76. The molecule has 1 heterocycles. The predicted octanol–water partition coefficient (Wildman–Crippen LogP) is 3.76. The van der Waals surface area contributed by atoms with Crippen molar-refractivity contribution in [1.82, 2.24) is 5.16 Å². The molecule has 1 N–H and O–H groups in total. The van der Waals surface area contributed by atoms with Gasteiger partial charge in [-0.2, -0.15) is 0 Å². The van der Waals surface area contributed by atoms with Gasteiger partial charge in [0.25, 0.3) is 5.91 Å². The normalized spacial score (nSPS) is 10.3. The minimum Gasteiger partial charge on any atom is -0.360 e. The minimum absolute atomic E-state index is 0.244. The first-order valence-corrected chi connectivity index (χ1v) is 6.34. The molecule has 4 nitrogen and oxygen atoms in total. The van der Waals surface area contributed by atoms with Gasteiger partial charge in [0, 0.05) is 15.0 Å². The topological polar surface area (TPSA) is 55.1 Å². The molecule has 0 saturated heterocycles. The number of hydrogen-bond acceptors (Lipinski definition) is 3. The number of benzene rings is 1. The van der Waals surface area contributed by atoms with Gasteiger partial charge in [-0.05, 0) is 41.1 Å². The molecule has 0 aliphatic heterocycles. The first-order chi connectivity index (χ1) is 8.06. The Bertz CT molecular complexity index is 566. The van der Waals surface area contributed by atoms with Crippen LogP contribution in [0.15, 0.2) is 37.7 Å². The Morgan fingerprint density at radius 3 is 2.76 bits per heavy atom. The summed E-state index contributed by atoms with van der Waals surface area (Å²) in [6, 6.07) is 7.03. The summed E-state index contributed by atoms with van der Waals surface area (Å²) in [5.41, 5.74) is 0.528. The van der Waals surface area contributed by atoms with E-state index in [0.717, 1.165) is 8.95 Å². The maximum absolute atomic E-state index is 12.0. The number of aryl methyl sites for hydroxylation is 1. The molecule has 0 saturated carbocycles. The maximum Gasteiger partial charge on any atom is 0.258 e. The summed E-state index contributed by atoms with van der Waals surface area (Å²) in [5, 5.41) is 6.35. The molecular weight excluding hydrogens is 352 g/mol. The largest absolute Gasteiger partial charge is 0.360 e. The van der Waals surface area contributed by atoms with E-state index in [9.17, 15) is 4.79 Å². The molecule has 0 unspecified atom stereocenters. The van der Waals surface area contributed by atoms with Gasteiger partial charge in [-0.25, -0.2) is 0 Å². The third kappa shape index (κ3) is 2.95. The Labute approximate surface area is 115 Å². The lowest BCUT2D eigenvalue weighted by atomic mass is 10.2. The summed E-state index contributed by atoms with van der Waals surface area (Å²) >= 11 is 6.64. The van der Waals surface area contributed by atoms with Crippen molar-refractivity contribution >= 4 is 43.6 Å². The van der Waals surface area contributed by atoms with E-state index in [2.05, 4.69) is 42.3 Å². The van der Waals surface area contributed by atoms with Crippen molar-refractivity contribution in [1.29, 1.82) is 0 Å². The molecule has 0 atom stereocenters. The zero-order valence-electron chi connectivity index (χ0n) is 8.83. The Hall–Kier alpha value is -1.14. The van der Waals surface area contributed by atoms with Crippen LogP contribution < -0.4 is 5.32 Å². The van der Waals surface area contributed by atoms with E-state index in [1.807, 2.05) is 6.07 Å². The van der Waals surface area contributed by atoms with Crippen molar-refractivity contribution in [3.63, 3.8) is 0 Å². The average Bonchev–Trinajstić information content (AvgIpc) is 2.67. The van der Waals surface area contributed by atoms with E-state index >= 15 is 0 Å². The van der Waals surface area contributed by atoms with Crippen LogP contribution in [0.2, 0.25) is 0 Å². The lowest BCUT2D eigenvalue weighted by Crippen LogP contribution is -2.12. The molecule has 1 aromatic carbocycles. The maximum atomic E-state index is 12.0. The zero-order chi connectivity index (χ0) is 12.4. The molecule has 0 aliphatic carbocycles. The molecule has 0 radical (unpaired) electrons. The number of aromatic nitrogens is 1. The highest BCUT2D eigenvalue weighted by Gasteiger charge is 2.12. The molecule has 0 fully saturated rings. The van der Waals surface area contributed by atoms with Crippen LogP contribution in [0, 0.1) is 6.92 Å². The van der Waals surface area contributed by atoms with Crippen LogP contribution in [-0.4, -0.2) is 11.1 Å². The van der Waals surface area contributed by atoms with Crippen LogP contribution in [-0.2, 0) is 0 Å². The number of hydrogen-bond donors (Lipinski definition) is 1. The fourth-order valence-electron chi connectivity index (χ4n) is 1.28. The van der Waals surface area contributed by atoms with Gasteiger partial charge < -0.3 is 9.84 Å². The van der Waals surface area contributed by atoms with Crippen LogP contribution in [0.4, 0.5) is 5.82 Å². The number of carbonyl (C=O) groups excluding carboxylic acids is 1. The molecule has 17 heavy (non-hydrogen) atoms. The van der Waals surface area contributed by atoms with Gasteiger partial charge in [0.1, 0.15) is 5.76 Å². The van der Waals surface area contributed by atoms with Crippen LogP contribution in [0.3, 0.4) is 0 Å². The summed E-state index contributed by atoms with van der Waals surface area (Å²) in [6.45, 7) is 1.76. The van der Waals surface area contributed by atoms with Gasteiger partial charge in [0.05, 0.1) is 5.56 Å². The summed E-state index contributed by atoms with van der Waals surface area (Å²) in [6.07, 6.45) is 0. The number of amides is 1. The average molecular weight is 360 g/mol. The molecule has 0 spiro atoms. The molecule has 2 aromatic rings. The standard InChI is InChI=1S/C11H8Br2N2O2/c1-6-4-10(15-17-6)14-11(16)8-5-7(12)2-3-9(8)13/h2-5H,1H3,(H,14,15,16). The second-order valence-corrected chi connectivity index (χ2v) is 5.17. The Kier molecular flexibility index (Phi) is 3.63. The molecule has 2 rings (SSSR count). The van der Waals surface area contributed by atoms with Crippen molar-refractivity contribution in [2.24, 2.45) is 0 Å². The van der Waals surface area contributed by atoms with Crippen molar-refractivity contribution in [2.75, 3.05) is 5.32 Å². The minimum atomic E-state index is -0.244. The summed E-state index contributed by atoms with van der Waals surface area (Å²) in [7, 11) is 0. The van der Waals surface area contributed by atoms with E-state index in [4.69, 9.17) is 4.52 Å². The number of anilines is 1. The Balaban J connectivity index is 2.22. The fraction of sp³-hybridized carbons (Fsp3) is 0.0909. The molecular formula is C11H8Br2N2O2. The summed E-state index contributed by atoms with van der Waals surface area (Å²) < 4.78 is 6.43. The second-order valence-electron chi connectivity index (χ2n) is 3.40. The van der Waals surface area contributed by atoms with Crippen LogP contribution in [0.5, 0.6) is 0 Å². The van der Waals surface area contributed by atoms with Gasteiger partial charge in [-0.15, -0.1) is 0 Å². The Morgan fingerprint density at radius 1 is 1.35 bits per heavy atom. The third-order valence-electron chi connectivity index (χ3n) is 2.04. The zero-order valence-corrected chi connectivity index (χ0v) is 12.0. The predicted molar refractivity (Wildman–Crippen MR) is 71.0 cm³/mol. The summed E-state index contributed by atoms with van der Waals surface area (Å²) in [5.74, 6) is 0.805. The lowest BCUT2D eigenvalue weighted by Gasteiger charge is -2.04. The van der Waals surface area contributed by atoms with Crippen molar-refractivity contribution in [3.05, 3.63) is 44.5 Å². The molecule has 0 bridgehead atoms. The van der Waals surface area contributed by atoms with Crippen molar-refractivity contribution < 1.29 is 9.32 Å². The highest BCUT2D eigenvalue weighted by molar-refractivity contribution is 9.11. The summed E-state index contributed by atoms with van der Waals surface area (Å²) in [4.78, 5) is 12.0. The van der Waals surface area contributed by atoms with Gasteiger partial charge in [-0.3, -0.25) is 4.79 Å². The van der Waals surface area contributed by atoms with E-state index in [-0.39, 0.29) is 5.91 Å². The molecule has 1 amide bonds. The highest BCUT2D eigenvalue weighted by Crippen LogP contribution is 2.22. The SMILES string of the molecule is Cc1cc(NC(=O)c2cc(Br)ccc2Br)no1. The van der Waals surface area contributed by atoms with Gasteiger partial charge in [-0.1, -0.05) is 21.1 Å². The highest BCUT2D eigenvalue weighted by atomic mass is 79.9. The van der Waals surface area contributed by atoms with E-state index < -0.39 is 0 Å². The molecule has 6 heteroatoms. The first kappa shape index (κ1) is 12.3. The fourth-order valence-corrected chi connectivity index (χ4v) is 2.07. The van der Waals surface area contributed by atoms with Crippen LogP contribution in [0.1, 0.15) is 16.1 Å². The smallest absolute Gasteiger partial charge is 0.258 e. The number of carbonyl (C=O) groups is 1. The molecule has 1 aromatic heterocycles.